The third kappa shape index (κ3) is 1.24. The monoisotopic (exact) mass is 183 g/mol. The molecule has 0 aromatic heterocycles. The number of carbonyl (C=O) groups excluding carboxylic acids is 2. The topological polar surface area (TPSA) is 52.6 Å². The summed E-state index contributed by atoms with van der Waals surface area (Å²) in [6, 6.07) is 0. The van der Waals surface area contributed by atoms with Gasteiger partial charge in [-0.05, 0) is 6.92 Å². The number of carbonyl (C=O) groups is 2. The van der Waals surface area contributed by atoms with Gasteiger partial charge in [0.1, 0.15) is 0 Å². The highest BCUT2D eigenvalue weighted by atomic mass is 19.3. The first-order valence-electron chi connectivity index (χ1n) is 2.91. The lowest BCUT2D eigenvalue weighted by Crippen LogP contribution is -2.56. The molecule has 12 heavy (non-hydrogen) atoms. The van der Waals surface area contributed by atoms with Gasteiger partial charge in [0, 0.05) is 0 Å². The van der Waals surface area contributed by atoms with Crippen LogP contribution in [0.5, 0.6) is 0 Å². The van der Waals surface area contributed by atoms with E-state index in [1.54, 1.807) is 0 Å². The maximum Gasteiger partial charge on any atom is 0.729 e. The van der Waals surface area contributed by atoms with Gasteiger partial charge in [0.2, 0.25) is 0 Å². The zero-order chi connectivity index (χ0) is 9.57. The maximum absolute atomic E-state index is 12.7. The first-order chi connectivity index (χ1) is 5.26. The SMILES string of the molecule is CC1(F)C(=O)O[B-](F)(F)OC1=O. The molecule has 4 nitrogen and oxygen atoms in total. The molecule has 1 aliphatic heterocycles. The predicted molar refractivity (Wildman–Crippen MR) is 29.7 cm³/mol. The Bertz CT molecular complexity index is 229. The van der Waals surface area contributed by atoms with Crippen molar-refractivity contribution in [3.05, 3.63) is 0 Å². The van der Waals surface area contributed by atoms with Gasteiger partial charge >= 0.3 is 19.0 Å². The fourth-order valence-electron chi connectivity index (χ4n) is 0.578. The van der Waals surface area contributed by atoms with Crippen LogP contribution < -0.4 is 0 Å². The van der Waals surface area contributed by atoms with Crippen LogP contribution in [0.3, 0.4) is 0 Å². The van der Waals surface area contributed by atoms with E-state index in [1.807, 2.05) is 0 Å². The third-order valence-corrected chi connectivity index (χ3v) is 1.26. The molecule has 8 heteroatoms. The van der Waals surface area contributed by atoms with Gasteiger partial charge in [-0.3, -0.25) is 9.59 Å². The summed E-state index contributed by atoms with van der Waals surface area (Å²) in [7, 11) is -4.98. The molecule has 0 atom stereocenters. The van der Waals surface area contributed by atoms with Gasteiger partial charge in [0.05, 0.1) is 0 Å². The van der Waals surface area contributed by atoms with Crippen LogP contribution in [0.25, 0.3) is 0 Å². The smallest absolute Gasteiger partial charge is 0.598 e. The molecular formula is C4H3BF3O4-. The molecule has 0 N–H and O–H groups in total. The summed E-state index contributed by atoms with van der Waals surface area (Å²) in [5.41, 5.74) is -3.14. The van der Waals surface area contributed by atoms with Crippen molar-refractivity contribution in [3.8, 4) is 0 Å². The van der Waals surface area contributed by atoms with Crippen LogP contribution >= 0.6 is 0 Å². The van der Waals surface area contributed by atoms with E-state index >= 15 is 0 Å². The lowest BCUT2D eigenvalue weighted by Gasteiger charge is -2.35. The predicted octanol–water partition coefficient (Wildman–Crippen LogP) is 0.189. The molecule has 0 bridgehead atoms. The van der Waals surface area contributed by atoms with Gasteiger partial charge in [-0.1, -0.05) is 0 Å². The van der Waals surface area contributed by atoms with Gasteiger partial charge in [0.15, 0.2) is 0 Å². The summed E-state index contributed by atoms with van der Waals surface area (Å²) in [4.78, 5) is 20.8. The highest BCUT2D eigenvalue weighted by Gasteiger charge is 2.55. The molecule has 68 valence electrons. The van der Waals surface area contributed by atoms with Crippen LogP contribution in [-0.2, 0) is 18.9 Å². The molecule has 0 aromatic rings. The fourth-order valence-corrected chi connectivity index (χ4v) is 0.578. The molecule has 1 saturated heterocycles. The molecule has 0 unspecified atom stereocenters. The standard InChI is InChI=1S/C4H3BF3O4/c1-4(6)2(9)11-5(7,8)12-3(4)10/h1H3/q-1. The minimum absolute atomic E-state index is 0.489. The largest absolute Gasteiger partial charge is 0.729 e. The average molecular weight is 183 g/mol. The normalized spacial score (nSPS) is 26.0. The Morgan fingerprint density at radius 2 is 1.58 bits per heavy atom. The molecule has 0 amide bonds. The van der Waals surface area contributed by atoms with E-state index in [9.17, 15) is 22.6 Å². The zero-order valence-electron chi connectivity index (χ0n) is 5.84. The van der Waals surface area contributed by atoms with Crippen molar-refractivity contribution in [2.24, 2.45) is 0 Å². The molecule has 0 spiro atoms. The lowest BCUT2D eigenvalue weighted by molar-refractivity contribution is -0.176. The first-order valence-corrected chi connectivity index (χ1v) is 2.91. The van der Waals surface area contributed by atoms with E-state index in [0.29, 0.717) is 6.92 Å². The summed E-state index contributed by atoms with van der Waals surface area (Å²) in [6.45, 7) is 0.489. The average Bonchev–Trinajstić information content (AvgIpc) is 1.82. The van der Waals surface area contributed by atoms with Crippen LogP contribution in [0.4, 0.5) is 13.0 Å². The third-order valence-electron chi connectivity index (χ3n) is 1.26. The molecule has 1 heterocycles. The Morgan fingerprint density at radius 3 is 1.92 bits per heavy atom. The van der Waals surface area contributed by atoms with E-state index in [-0.39, 0.29) is 0 Å². The molecule has 0 aromatic carbocycles. The van der Waals surface area contributed by atoms with Crippen molar-refractivity contribution in [2.45, 2.75) is 12.6 Å². The van der Waals surface area contributed by atoms with Crippen molar-refractivity contribution in [3.63, 3.8) is 0 Å². The van der Waals surface area contributed by atoms with Gasteiger partial charge in [-0.15, -0.1) is 0 Å². The molecule has 1 aliphatic rings. The minimum atomic E-state index is -4.98. The quantitative estimate of drug-likeness (QED) is 0.397. The molecule has 0 aliphatic carbocycles. The van der Waals surface area contributed by atoms with E-state index in [4.69, 9.17) is 0 Å². The molecule has 0 radical (unpaired) electrons. The second-order valence-electron chi connectivity index (χ2n) is 2.35. The Kier molecular flexibility index (Phi) is 1.59. The Balaban J connectivity index is 2.93. The fraction of sp³-hybridized carbons (Fsp3) is 0.500. The van der Waals surface area contributed by atoms with Crippen molar-refractivity contribution >= 4 is 19.0 Å². The minimum Gasteiger partial charge on any atom is -0.598 e. The maximum atomic E-state index is 12.7. The summed E-state index contributed by atoms with van der Waals surface area (Å²) in [5, 5.41) is 0. The van der Waals surface area contributed by atoms with E-state index < -0.39 is 24.7 Å². The van der Waals surface area contributed by atoms with Crippen molar-refractivity contribution in [2.75, 3.05) is 0 Å². The van der Waals surface area contributed by atoms with Gasteiger partial charge in [-0.25, -0.2) is 4.39 Å². The van der Waals surface area contributed by atoms with Crippen LogP contribution in [0, 0.1) is 0 Å². The Hall–Kier alpha value is -1.21. The number of rotatable bonds is 0. The Labute approximate surface area is 64.7 Å². The Morgan fingerprint density at radius 1 is 1.25 bits per heavy atom. The van der Waals surface area contributed by atoms with E-state index in [1.165, 1.54) is 0 Å². The lowest BCUT2D eigenvalue weighted by atomic mass is 10.0. The van der Waals surface area contributed by atoms with Gasteiger partial charge in [0.25, 0.3) is 5.67 Å². The van der Waals surface area contributed by atoms with Crippen LogP contribution in [0.15, 0.2) is 0 Å². The number of alkyl halides is 1. The molecule has 1 fully saturated rings. The van der Waals surface area contributed by atoms with Crippen LogP contribution in [-0.4, -0.2) is 24.7 Å². The zero-order valence-corrected chi connectivity index (χ0v) is 5.84. The van der Waals surface area contributed by atoms with Crippen molar-refractivity contribution in [1.82, 2.24) is 0 Å². The highest BCUT2D eigenvalue weighted by molar-refractivity contribution is 6.58. The van der Waals surface area contributed by atoms with E-state index in [2.05, 4.69) is 9.31 Å². The summed E-state index contributed by atoms with van der Waals surface area (Å²) in [6.07, 6.45) is 0. The molecular weight excluding hydrogens is 180 g/mol. The van der Waals surface area contributed by atoms with Gasteiger partial charge < -0.3 is 17.9 Å². The molecule has 0 saturated carbocycles. The van der Waals surface area contributed by atoms with Crippen LogP contribution in [0.2, 0.25) is 0 Å². The first kappa shape index (κ1) is 8.89. The van der Waals surface area contributed by atoms with Crippen molar-refractivity contribution < 1.29 is 31.9 Å². The number of halogens is 3. The highest BCUT2D eigenvalue weighted by Crippen LogP contribution is 2.27. The second kappa shape index (κ2) is 2.14. The van der Waals surface area contributed by atoms with Crippen molar-refractivity contribution in [1.29, 1.82) is 0 Å². The van der Waals surface area contributed by atoms with Crippen LogP contribution in [0.1, 0.15) is 6.92 Å². The number of hydrogen-bond acceptors (Lipinski definition) is 4. The van der Waals surface area contributed by atoms with E-state index in [0.717, 1.165) is 0 Å². The summed E-state index contributed by atoms with van der Waals surface area (Å²) in [5.74, 6) is -3.85. The summed E-state index contributed by atoms with van der Waals surface area (Å²) < 4.78 is 43.3. The van der Waals surface area contributed by atoms with Gasteiger partial charge in [-0.2, -0.15) is 0 Å². The second-order valence-corrected chi connectivity index (χ2v) is 2.35. The summed E-state index contributed by atoms with van der Waals surface area (Å²) >= 11 is 0. The number of hydrogen-bond donors (Lipinski definition) is 0. The molecule has 1 rings (SSSR count).